The molecule has 0 saturated carbocycles. The molecule has 3 aromatic heterocycles. The number of fused-ring (bicyclic) bond motifs is 5. The Balaban J connectivity index is 1.35. The van der Waals surface area contributed by atoms with Gasteiger partial charge in [0.15, 0.2) is 22.8 Å². The van der Waals surface area contributed by atoms with Gasteiger partial charge in [0, 0.05) is 6.54 Å². The van der Waals surface area contributed by atoms with Crippen molar-refractivity contribution >= 4 is 33.2 Å². The molecule has 7 rings (SSSR count). The van der Waals surface area contributed by atoms with Gasteiger partial charge in [-0.15, -0.1) is 0 Å². The fraction of sp³-hybridized carbons (Fsp3) is 0.172. The van der Waals surface area contributed by atoms with Crippen molar-refractivity contribution in [2.75, 3.05) is 13.9 Å². The second-order valence-electron chi connectivity index (χ2n) is 9.20. The van der Waals surface area contributed by atoms with Gasteiger partial charge in [0.05, 0.1) is 31.0 Å². The highest BCUT2D eigenvalue weighted by Crippen LogP contribution is 2.33. The molecule has 9 heteroatoms. The smallest absolute Gasteiger partial charge is 0.265 e. The molecule has 0 radical (unpaired) electrons. The Morgan fingerprint density at radius 2 is 1.66 bits per heavy atom. The van der Waals surface area contributed by atoms with Crippen LogP contribution in [-0.2, 0) is 19.5 Å². The standard InChI is InChI=1S/C29H23N5O4/c1-36-20-9-6-18(7-10-20)12-13-33-16-30-27-25(29(33)35)26-28(32-22-5-3-2-4-21(22)31-26)34(27)15-19-8-11-23-24(14-19)38-17-37-23/h2-11,14,16H,12-13,15,17H2,1H3. The molecule has 0 fully saturated rings. The van der Waals surface area contributed by atoms with E-state index in [1.165, 1.54) is 0 Å². The number of para-hydroxylation sites is 2. The van der Waals surface area contributed by atoms with Gasteiger partial charge < -0.3 is 18.8 Å². The zero-order valence-electron chi connectivity index (χ0n) is 20.6. The molecule has 0 aliphatic carbocycles. The summed E-state index contributed by atoms with van der Waals surface area (Å²) in [6.45, 7) is 1.15. The summed E-state index contributed by atoms with van der Waals surface area (Å²) in [7, 11) is 1.64. The molecule has 0 spiro atoms. The fourth-order valence-corrected chi connectivity index (χ4v) is 4.91. The number of methoxy groups -OCH3 is 1. The highest BCUT2D eigenvalue weighted by Gasteiger charge is 2.21. The maximum Gasteiger partial charge on any atom is 0.265 e. The van der Waals surface area contributed by atoms with Gasteiger partial charge in [0.1, 0.15) is 16.7 Å². The van der Waals surface area contributed by atoms with Crippen molar-refractivity contribution in [2.45, 2.75) is 19.5 Å². The van der Waals surface area contributed by atoms with Crippen LogP contribution >= 0.6 is 0 Å². The van der Waals surface area contributed by atoms with E-state index in [9.17, 15) is 4.79 Å². The van der Waals surface area contributed by atoms with Crippen LogP contribution in [0, 0.1) is 0 Å². The van der Waals surface area contributed by atoms with Crippen LogP contribution in [0.1, 0.15) is 11.1 Å². The van der Waals surface area contributed by atoms with Crippen LogP contribution in [0.5, 0.6) is 17.2 Å². The van der Waals surface area contributed by atoms with Crippen molar-refractivity contribution in [2.24, 2.45) is 0 Å². The molecule has 0 unspecified atom stereocenters. The van der Waals surface area contributed by atoms with Gasteiger partial charge in [0.2, 0.25) is 6.79 Å². The molecule has 3 aromatic carbocycles. The molecule has 38 heavy (non-hydrogen) atoms. The molecule has 1 aliphatic rings. The van der Waals surface area contributed by atoms with Crippen LogP contribution in [0.3, 0.4) is 0 Å². The lowest BCUT2D eigenvalue weighted by Crippen LogP contribution is -2.22. The Hall–Kier alpha value is -4.92. The van der Waals surface area contributed by atoms with Crippen molar-refractivity contribution < 1.29 is 14.2 Å². The first-order chi connectivity index (χ1) is 18.7. The minimum Gasteiger partial charge on any atom is -0.497 e. The van der Waals surface area contributed by atoms with Crippen LogP contribution in [-0.4, -0.2) is 38.0 Å². The molecular weight excluding hydrogens is 482 g/mol. The first-order valence-corrected chi connectivity index (χ1v) is 12.3. The molecule has 0 amide bonds. The van der Waals surface area contributed by atoms with Crippen LogP contribution < -0.4 is 19.8 Å². The second-order valence-corrected chi connectivity index (χ2v) is 9.20. The molecule has 4 heterocycles. The van der Waals surface area contributed by atoms with E-state index in [0.29, 0.717) is 47.5 Å². The molecule has 0 bridgehead atoms. The van der Waals surface area contributed by atoms with Crippen LogP contribution in [0.2, 0.25) is 0 Å². The Morgan fingerprint density at radius 3 is 2.47 bits per heavy atom. The lowest BCUT2D eigenvalue weighted by Gasteiger charge is -2.09. The number of aryl methyl sites for hydroxylation is 2. The number of benzene rings is 3. The fourth-order valence-electron chi connectivity index (χ4n) is 4.91. The normalized spacial score (nSPS) is 12.6. The lowest BCUT2D eigenvalue weighted by molar-refractivity contribution is 0.174. The summed E-state index contributed by atoms with van der Waals surface area (Å²) < 4.78 is 19.9. The van der Waals surface area contributed by atoms with Crippen molar-refractivity contribution in [1.29, 1.82) is 0 Å². The number of nitrogens with zero attached hydrogens (tertiary/aromatic N) is 5. The minimum atomic E-state index is -0.137. The quantitative estimate of drug-likeness (QED) is 0.333. The van der Waals surface area contributed by atoms with Gasteiger partial charge in [-0.2, -0.15) is 0 Å². The zero-order valence-corrected chi connectivity index (χ0v) is 20.6. The molecule has 6 aromatic rings. The first-order valence-electron chi connectivity index (χ1n) is 12.3. The molecule has 188 valence electrons. The van der Waals surface area contributed by atoms with E-state index in [4.69, 9.17) is 29.2 Å². The lowest BCUT2D eigenvalue weighted by atomic mass is 10.1. The summed E-state index contributed by atoms with van der Waals surface area (Å²) in [6.07, 6.45) is 2.30. The summed E-state index contributed by atoms with van der Waals surface area (Å²) in [5, 5.41) is 0.469. The van der Waals surface area contributed by atoms with E-state index in [2.05, 4.69) is 0 Å². The second kappa shape index (κ2) is 8.88. The molecule has 0 N–H and O–H groups in total. The molecule has 9 nitrogen and oxygen atoms in total. The number of hydrogen-bond acceptors (Lipinski definition) is 7. The third-order valence-corrected chi connectivity index (χ3v) is 6.90. The Morgan fingerprint density at radius 1 is 0.895 bits per heavy atom. The van der Waals surface area contributed by atoms with Crippen molar-refractivity contribution in [3.8, 4) is 17.2 Å². The van der Waals surface area contributed by atoms with Crippen LogP contribution in [0.15, 0.2) is 77.9 Å². The van der Waals surface area contributed by atoms with Crippen molar-refractivity contribution in [3.05, 3.63) is 94.5 Å². The minimum absolute atomic E-state index is 0.137. The Labute approximate surface area is 216 Å². The third-order valence-electron chi connectivity index (χ3n) is 6.90. The number of hydrogen-bond donors (Lipinski definition) is 0. The largest absolute Gasteiger partial charge is 0.497 e. The van der Waals surface area contributed by atoms with E-state index < -0.39 is 0 Å². The summed E-state index contributed by atoms with van der Waals surface area (Å²) >= 11 is 0. The van der Waals surface area contributed by atoms with E-state index in [1.54, 1.807) is 18.0 Å². The summed E-state index contributed by atoms with van der Waals surface area (Å²) in [6, 6.07) is 21.3. The van der Waals surface area contributed by atoms with E-state index >= 15 is 0 Å². The molecular formula is C29H23N5O4. The van der Waals surface area contributed by atoms with Crippen molar-refractivity contribution in [3.63, 3.8) is 0 Å². The summed E-state index contributed by atoms with van der Waals surface area (Å²) in [4.78, 5) is 28.3. The van der Waals surface area contributed by atoms with E-state index in [0.717, 1.165) is 33.7 Å². The first kappa shape index (κ1) is 22.3. The van der Waals surface area contributed by atoms with Gasteiger partial charge in [-0.25, -0.2) is 15.0 Å². The van der Waals surface area contributed by atoms with Crippen LogP contribution in [0.25, 0.3) is 33.2 Å². The molecule has 0 saturated heterocycles. The highest BCUT2D eigenvalue weighted by atomic mass is 16.7. The zero-order chi connectivity index (χ0) is 25.6. The number of ether oxygens (including phenoxy) is 3. The summed E-state index contributed by atoms with van der Waals surface area (Å²) in [5.74, 6) is 2.23. The van der Waals surface area contributed by atoms with Gasteiger partial charge in [0.25, 0.3) is 5.56 Å². The predicted molar refractivity (Wildman–Crippen MR) is 143 cm³/mol. The van der Waals surface area contributed by atoms with Gasteiger partial charge in [-0.3, -0.25) is 9.36 Å². The molecule has 1 aliphatic heterocycles. The Kier molecular flexibility index (Phi) is 5.21. The van der Waals surface area contributed by atoms with Gasteiger partial charge in [-0.05, 0) is 53.9 Å². The maximum absolute atomic E-state index is 13.8. The van der Waals surface area contributed by atoms with Gasteiger partial charge in [-0.1, -0.05) is 30.3 Å². The number of aromatic nitrogens is 5. The van der Waals surface area contributed by atoms with Gasteiger partial charge >= 0.3 is 0 Å². The average molecular weight is 506 g/mol. The summed E-state index contributed by atoms with van der Waals surface area (Å²) in [5.41, 5.74) is 5.16. The SMILES string of the molecule is COc1ccc(CCn2cnc3c(c2=O)c2nc4ccccc4nc2n3Cc2ccc3c(c2)OCO3)cc1. The van der Waals surface area contributed by atoms with E-state index in [-0.39, 0.29) is 12.4 Å². The monoisotopic (exact) mass is 505 g/mol. The third kappa shape index (κ3) is 3.71. The van der Waals surface area contributed by atoms with Crippen LogP contribution in [0.4, 0.5) is 0 Å². The topological polar surface area (TPSA) is 93.3 Å². The average Bonchev–Trinajstić information content (AvgIpc) is 3.54. The van der Waals surface area contributed by atoms with E-state index in [1.807, 2.05) is 71.3 Å². The maximum atomic E-state index is 13.8. The highest BCUT2D eigenvalue weighted by molar-refractivity contribution is 6.04. The number of rotatable bonds is 6. The predicted octanol–water partition coefficient (Wildman–Crippen LogP) is 4.32. The van der Waals surface area contributed by atoms with Crippen molar-refractivity contribution in [1.82, 2.24) is 24.1 Å². The Bertz CT molecular complexity index is 1890. The molecule has 0 atom stereocenters.